The Bertz CT molecular complexity index is 128. The zero-order chi connectivity index (χ0) is 6.57. The van der Waals surface area contributed by atoms with Crippen LogP contribution in [0.1, 0.15) is 0 Å². The first-order valence-corrected chi connectivity index (χ1v) is 1.90. The Morgan fingerprint density at radius 2 is 1.22 bits per heavy atom. The third-order valence-corrected chi connectivity index (χ3v) is 0.412. The Labute approximate surface area is 67.8 Å². The first-order chi connectivity index (χ1) is 3.63. The van der Waals surface area contributed by atoms with E-state index in [0.717, 1.165) is 12.2 Å². The predicted octanol–water partition coefficient (Wildman–Crippen LogP) is -1.49. The number of carbonyl (C=O) groups is 2. The Balaban J connectivity index is 0. The summed E-state index contributed by atoms with van der Waals surface area (Å²) in [7, 11) is 0. The van der Waals surface area contributed by atoms with E-state index in [-0.39, 0.29) is 22.4 Å². The molecule has 9 heavy (non-hydrogen) atoms. The van der Waals surface area contributed by atoms with E-state index in [2.05, 4.69) is 11.5 Å². The molecule has 0 aromatic carbocycles. The van der Waals surface area contributed by atoms with Crippen molar-refractivity contribution < 1.29 is 32.0 Å². The molecule has 0 spiro atoms. The second-order valence-corrected chi connectivity index (χ2v) is 1.14. The minimum absolute atomic E-state index is 0. The van der Waals surface area contributed by atoms with Gasteiger partial charge in [0.25, 0.3) is 0 Å². The summed E-state index contributed by atoms with van der Waals surface area (Å²) in [5, 5.41) is 0. The van der Waals surface area contributed by atoms with E-state index in [1.54, 1.807) is 0 Å². The van der Waals surface area contributed by atoms with Crippen LogP contribution in [-0.2, 0) is 32.0 Å². The van der Waals surface area contributed by atoms with Crippen LogP contribution < -0.4 is 11.5 Å². The number of amides is 2. The molecular formula is C4H6AuN2O2. The van der Waals surface area contributed by atoms with Gasteiger partial charge < -0.3 is 11.5 Å². The van der Waals surface area contributed by atoms with Gasteiger partial charge in [-0.3, -0.25) is 9.59 Å². The second kappa shape index (κ2) is 5.56. The number of rotatable bonds is 2. The van der Waals surface area contributed by atoms with E-state index in [1.807, 2.05) is 0 Å². The van der Waals surface area contributed by atoms with Crippen molar-refractivity contribution in [1.82, 2.24) is 0 Å². The summed E-state index contributed by atoms with van der Waals surface area (Å²) in [5.41, 5.74) is 9.21. The van der Waals surface area contributed by atoms with Crippen LogP contribution in [0.2, 0.25) is 0 Å². The van der Waals surface area contributed by atoms with Gasteiger partial charge in [0.15, 0.2) is 0 Å². The van der Waals surface area contributed by atoms with Crippen LogP contribution in [0.4, 0.5) is 0 Å². The molecule has 0 fully saturated rings. The zero-order valence-electron chi connectivity index (χ0n) is 4.43. The minimum Gasteiger partial charge on any atom is -0.366 e. The van der Waals surface area contributed by atoms with Crippen molar-refractivity contribution in [2.45, 2.75) is 0 Å². The Morgan fingerprint density at radius 1 is 1.00 bits per heavy atom. The van der Waals surface area contributed by atoms with Crippen LogP contribution in [-0.4, -0.2) is 11.8 Å². The minimum atomic E-state index is -0.677. The molecule has 55 valence electrons. The molecule has 0 heterocycles. The number of nitrogens with two attached hydrogens (primary N) is 2. The third-order valence-electron chi connectivity index (χ3n) is 0.412. The fraction of sp³-hybridized carbons (Fsp3) is 0. The normalized spacial score (nSPS) is 8.44. The maximum atomic E-state index is 9.83. The van der Waals surface area contributed by atoms with Gasteiger partial charge >= 0.3 is 0 Å². The predicted molar refractivity (Wildman–Crippen MR) is 27.5 cm³/mol. The molecule has 0 bridgehead atoms. The molecule has 0 aromatic rings. The van der Waals surface area contributed by atoms with Crippen LogP contribution in [0.3, 0.4) is 0 Å². The quantitative estimate of drug-likeness (QED) is 0.481. The molecule has 0 aromatic heterocycles. The van der Waals surface area contributed by atoms with Gasteiger partial charge in [-0.15, -0.1) is 0 Å². The molecule has 0 aliphatic rings. The first-order valence-electron chi connectivity index (χ1n) is 1.90. The Kier molecular flexibility index (Phi) is 6.94. The Morgan fingerprint density at radius 3 is 1.33 bits per heavy atom. The van der Waals surface area contributed by atoms with E-state index in [0.29, 0.717) is 0 Å². The van der Waals surface area contributed by atoms with Crippen molar-refractivity contribution in [3.63, 3.8) is 0 Å². The van der Waals surface area contributed by atoms with Gasteiger partial charge in [-0.1, -0.05) is 0 Å². The van der Waals surface area contributed by atoms with Crippen molar-refractivity contribution >= 4 is 11.8 Å². The molecule has 0 rings (SSSR count). The van der Waals surface area contributed by atoms with Gasteiger partial charge in [-0.2, -0.15) is 0 Å². The summed E-state index contributed by atoms with van der Waals surface area (Å²) in [5.74, 6) is -1.35. The monoisotopic (exact) mass is 311 g/mol. The van der Waals surface area contributed by atoms with Crippen LogP contribution in [0.5, 0.6) is 0 Å². The molecule has 5 heteroatoms. The van der Waals surface area contributed by atoms with Gasteiger partial charge in [0.1, 0.15) is 0 Å². The van der Waals surface area contributed by atoms with Crippen molar-refractivity contribution in [1.29, 1.82) is 0 Å². The Hall–Kier alpha value is -0.580. The standard InChI is InChI=1S/C4H6N2O2.Au/c5-3(7)1-2-4(6)8;/h1-2H,(H2,5,7)(H2,6,8);/b2-1-;. The summed E-state index contributed by atoms with van der Waals surface area (Å²) in [6.45, 7) is 0. The van der Waals surface area contributed by atoms with Crippen LogP contribution in [0.25, 0.3) is 0 Å². The maximum absolute atomic E-state index is 9.83. The van der Waals surface area contributed by atoms with Gasteiger partial charge in [-0.05, 0) is 0 Å². The van der Waals surface area contributed by atoms with E-state index in [4.69, 9.17) is 0 Å². The number of primary amides is 2. The third kappa shape index (κ3) is 11.2. The summed E-state index contributed by atoms with van der Waals surface area (Å²) in [4.78, 5) is 19.7. The SMILES string of the molecule is NC(=O)/C=C\C(N)=O.[Au]. The number of hydrogen-bond acceptors (Lipinski definition) is 2. The molecule has 4 nitrogen and oxygen atoms in total. The fourth-order valence-corrected chi connectivity index (χ4v) is 0.164. The van der Waals surface area contributed by atoms with E-state index < -0.39 is 11.8 Å². The topological polar surface area (TPSA) is 86.2 Å². The van der Waals surface area contributed by atoms with Crippen LogP contribution >= 0.6 is 0 Å². The van der Waals surface area contributed by atoms with E-state index in [9.17, 15) is 9.59 Å². The fourth-order valence-electron chi connectivity index (χ4n) is 0.164. The van der Waals surface area contributed by atoms with Crippen LogP contribution in [0, 0.1) is 0 Å². The second-order valence-electron chi connectivity index (χ2n) is 1.14. The van der Waals surface area contributed by atoms with Crippen molar-refractivity contribution in [2.24, 2.45) is 11.5 Å². The van der Waals surface area contributed by atoms with Gasteiger partial charge in [-0.25, -0.2) is 0 Å². The molecule has 0 saturated heterocycles. The largest absolute Gasteiger partial charge is 0.366 e. The molecule has 4 N–H and O–H groups in total. The molecular weight excluding hydrogens is 305 g/mol. The molecule has 0 atom stereocenters. The average molecular weight is 311 g/mol. The molecule has 0 unspecified atom stereocenters. The van der Waals surface area contributed by atoms with Crippen LogP contribution in [0.15, 0.2) is 12.2 Å². The van der Waals surface area contributed by atoms with E-state index in [1.165, 1.54) is 0 Å². The molecule has 0 aliphatic carbocycles. The van der Waals surface area contributed by atoms with Crippen molar-refractivity contribution in [3.05, 3.63) is 12.2 Å². The maximum Gasteiger partial charge on any atom is 0.241 e. The number of hydrogen-bond donors (Lipinski definition) is 2. The molecule has 0 aliphatic heterocycles. The molecule has 0 saturated carbocycles. The van der Waals surface area contributed by atoms with Crippen molar-refractivity contribution in [2.75, 3.05) is 0 Å². The summed E-state index contributed by atoms with van der Waals surface area (Å²) >= 11 is 0. The smallest absolute Gasteiger partial charge is 0.241 e. The van der Waals surface area contributed by atoms with Gasteiger partial charge in [0, 0.05) is 34.5 Å². The molecule has 1 radical (unpaired) electrons. The summed E-state index contributed by atoms with van der Waals surface area (Å²) in [6.07, 6.45) is 1.81. The summed E-state index contributed by atoms with van der Waals surface area (Å²) in [6, 6.07) is 0. The zero-order valence-corrected chi connectivity index (χ0v) is 6.59. The number of carbonyl (C=O) groups excluding carboxylic acids is 2. The average Bonchev–Trinajstić information content (AvgIpc) is 1.61. The molecule has 2 amide bonds. The van der Waals surface area contributed by atoms with Gasteiger partial charge in [0.2, 0.25) is 11.8 Å². The van der Waals surface area contributed by atoms with Gasteiger partial charge in [0.05, 0.1) is 0 Å². The van der Waals surface area contributed by atoms with Crippen molar-refractivity contribution in [3.8, 4) is 0 Å². The first kappa shape index (κ1) is 11.2. The summed E-state index contributed by atoms with van der Waals surface area (Å²) < 4.78 is 0. The van der Waals surface area contributed by atoms with E-state index >= 15 is 0 Å².